The number of halogens is 1. The van der Waals surface area contributed by atoms with E-state index in [4.69, 9.17) is 11.6 Å². The third kappa shape index (κ3) is 4.06. The molecule has 1 amide bonds. The van der Waals surface area contributed by atoms with Crippen molar-refractivity contribution < 1.29 is 13.2 Å². The van der Waals surface area contributed by atoms with Gasteiger partial charge in [0.25, 0.3) is 10.0 Å². The van der Waals surface area contributed by atoms with E-state index in [2.05, 4.69) is 30.8 Å². The van der Waals surface area contributed by atoms with E-state index >= 15 is 0 Å². The molecule has 2 aromatic carbocycles. The summed E-state index contributed by atoms with van der Waals surface area (Å²) in [5, 5.41) is 3.44. The van der Waals surface area contributed by atoms with Crippen molar-refractivity contribution in [2.45, 2.75) is 64.2 Å². The van der Waals surface area contributed by atoms with Gasteiger partial charge in [0.05, 0.1) is 21.0 Å². The number of para-hydroxylation sites is 1. The fourth-order valence-corrected chi connectivity index (χ4v) is 9.58. The molecule has 0 heterocycles. The summed E-state index contributed by atoms with van der Waals surface area (Å²) < 4.78 is 28.0. The van der Waals surface area contributed by atoms with E-state index in [1.165, 1.54) is 31.4 Å². The molecule has 0 radical (unpaired) electrons. The van der Waals surface area contributed by atoms with Crippen LogP contribution in [0.3, 0.4) is 0 Å². The van der Waals surface area contributed by atoms with Crippen molar-refractivity contribution in [2.24, 2.45) is 21.7 Å². The van der Waals surface area contributed by atoms with E-state index < -0.39 is 10.0 Å². The van der Waals surface area contributed by atoms with Crippen LogP contribution < -0.4 is 10.0 Å². The molecule has 2 N–H and O–H groups in total. The topological polar surface area (TPSA) is 75.3 Å². The first kappa shape index (κ1) is 22.7. The summed E-state index contributed by atoms with van der Waals surface area (Å²) >= 11 is 6.08. The maximum absolute atomic E-state index is 13.6. The molecule has 0 spiro atoms. The Morgan fingerprint density at radius 3 is 1.85 bits per heavy atom. The Kier molecular flexibility index (Phi) is 4.97. The fourth-order valence-electron chi connectivity index (χ4n) is 8.26. The van der Waals surface area contributed by atoms with Gasteiger partial charge in [-0.25, -0.2) is 8.42 Å². The molecule has 176 valence electrons. The van der Waals surface area contributed by atoms with Gasteiger partial charge in [0.15, 0.2) is 0 Å². The van der Waals surface area contributed by atoms with Crippen LogP contribution in [0.25, 0.3) is 0 Å². The Balaban J connectivity index is 1.34. The monoisotopic (exact) mass is 486 g/mol. The Morgan fingerprint density at radius 1 is 0.818 bits per heavy atom. The normalized spacial score (nSPS) is 34.8. The van der Waals surface area contributed by atoms with Crippen LogP contribution in [0.4, 0.5) is 11.4 Å². The molecule has 0 aromatic heterocycles. The van der Waals surface area contributed by atoms with E-state index in [1.807, 2.05) is 0 Å². The zero-order chi connectivity index (χ0) is 23.7. The lowest BCUT2D eigenvalue weighted by molar-refractivity contribution is -0.188. The summed E-state index contributed by atoms with van der Waals surface area (Å²) in [5.74, 6) is 0.0788. The largest absolute Gasteiger partial charge is 0.326 e. The second-order valence-electron chi connectivity index (χ2n) is 11.8. The highest BCUT2D eigenvalue weighted by Gasteiger charge is 2.66. The van der Waals surface area contributed by atoms with E-state index in [0.29, 0.717) is 16.4 Å². The summed E-state index contributed by atoms with van der Waals surface area (Å²) in [7, 11) is -3.79. The number of carbonyl (C=O) groups is 1. The van der Waals surface area contributed by atoms with Crippen LogP contribution in [0, 0.1) is 21.7 Å². The molecule has 4 saturated carbocycles. The van der Waals surface area contributed by atoms with Crippen molar-refractivity contribution >= 4 is 38.9 Å². The first-order valence-corrected chi connectivity index (χ1v) is 13.4. The maximum Gasteiger partial charge on any atom is 0.261 e. The number of benzene rings is 2. The third-order valence-electron chi connectivity index (χ3n) is 7.88. The van der Waals surface area contributed by atoms with Crippen molar-refractivity contribution in [3.05, 3.63) is 53.6 Å². The van der Waals surface area contributed by atoms with Gasteiger partial charge in [-0.1, -0.05) is 44.5 Å². The van der Waals surface area contributed by atoms with Gasteiger partial charge in [-0.15, -0.1) is 0 Å². The van der Waals surface area contributed by atoms with E-state index in [9.17, 15) is 13.2 Å². The molecule has 0 aliphatic heterocycles. The van der Waals surface area contributed by atoms with E-state index in [1.54, 1.807) is 36.4 Å². The third-order valence-corrected chi connectivity index (χ3v) is 9.59. The quantitative estimate of drug-likeness (QED) is 0.508. The van der Waals surface area contributed by atoms with Gasteiger partial charge in [-0.05, 0) is 91.2 Å². The van der Waals surface area contributed by atoms with Crippen molar-refractivity contribution in [1.82, 2.24) is 0 Å². The Morgan fingerprint density at radius 2 is 1.33 bits per heavy atom. The van der Waals surface area contributed by atoms with Gasteiger partial charge in [0.1, 0.15) is 0 Å². The molecule has 4 bridgehead atoms. The minimum absolute atomic E-state index is 0.0788. The summed E-state index contributed by atoms with van der Waals surface area (Å²) in [6, 6.07) is 13.0. The van der Waals surface area contributed by atoms with Crippen molar-refractivity contribution in [1.29, 1.82) is 0 Å². The van der Waals surface area contributed by atoms with Crippen molar-refractivity contribution in [3.63, 3.8) is 0 Å². The molecule has 5 nitrogen and oxygen atoms in total. The molecule has 33 heavy (non-hydrogen) atoms. The average molecular weight is 487 g/mol. The second-order valence-corrected chi connectivity index (χ2v) is 13.9. The molecule has 0 unspecified atom stereocenters. The number of nitrogens with one attached hydrogen (secondary N) is 2. The minimum Gasteiger partial charge on any atom is -0.326 e. The van der Waals surface area contributed by atoms with Gasteiger partial charge in [0.2, 0.25) is 5.91 Å². The number of amides is 1. The molecule has 7 heteroatoms. The molecule has 2 aromatic rings. The Labute approximate surface area is 201 Å². The van der Waals surface area contributed by atoms with Gasteiger partial charge in [0, 0.05) is 5.69 Å². The number of sulfonamides is 1. The number of anilines is 2. The van der Waals surface area contributed by atoms with E-state index in [-0.39, 0.29) is 32.5 Å². The SMILES string of the molecule is CC12CC3(C)CC(C)(C1)CC(C(=O)Nc1ccc(S(=O)(=O)Nc4ccccc4Cl)cc1)(C2)C3. The molecular formula is C26H31ClN2O3S. The lowest BCUT2D eigenvalue weighted by Gasteiger charge is -2.68. The van der Waals surface area contributed by atoms with Gasteiger partial charge in [-0.3, -0.25) is 9.52 Å². The Hall–Kier alpha value is -2.05. The van der Waals surface area contributed by atoms with E-state index in [0.717, 1.165) is 19.3 Å². The van der Waals surface area contributed by atoms with Crippen molar-refractivity contribution in [3.8, 4) is 0 Å². The molecule has 0 atom stereocenters. The van der Waals surface area contributed by atoms with Crippen LogP contribution in [0.15, 0.2) is 53.4 Å². The zero-order valence-electron chi connectivity index (χ0n) is 19.4. The second kappa shape index (κ2) is 7.22. The first-order valence-electron chi connectivity index (χ1n) is 11.5. The molecule has 4 aliphatic rings. The smallest absolute Gasteiger partial charge is 0.261 e. The summed E-state index contributed by atoms with van der Waals surface area (Å²) in [4.78, 5) is 13.7. The van der Waals surface area contributed by atoms with Crippen LogP contribution >= 0.6 is 11.6 Å². The molecule has 4 fully saturated rings. The maximum atomic E-state index is 13.6. The zero-order valence-corrected chi connectivity index (χ0v) is 20.9. The van der Waals surface area contributed by atoms with Crippen LogP contribution in [0.2, 0.25) is 5.02 Å². The molecule has 4 aliphatic carbocycles. The highest BCUT2D eigenvalue weighted by Crippen LogP contribution is 2.73. The summed E-state index contributed by atoms with van der Waals surface area (Å²) in [6.07, 6.45) is 6.42. The molecule has 6 rings (SSSR count). The predicted molar refractivity (Wildman–Crippen MR) is 132 cm³/mol. The van der Waals surface area contributed by atoms with Gasteiger partial charge in [-0.2, -0.15) is 0 Å². The molecular weight excluding hydrogens is 456 g/mol. The van der Waals surface area contributed by atoms with Crippen LogP contribution in [-0.4, -0.2) is 14.3 Å². The lowest BCUT2D eigenvalue weighted by atomic mass is 9.36. The van der Waals surface area contributed by atoms with Gasteiger partial charge < -0.3 is 5.32 Å². The number of hydrogen-bond acceptors (Lipinski definition) is 3. The fraction of sp³-hybridized carbons (Fsp3) is 0.500. The highest BCUT2D eigenvalue weighted by atomic mass is 35.5. The summed E-state index contributed by atoms with van der Waals surface area (Å²) in [6.45, 7) is 7.07. The number of hydrogen-bond donors (Lipinski definition) is 2. The Bertz CT molecular complexity index is 1170. The first-order chi connectivity index (χ1) is 15.3. The van der Waals surface area contributed by atoms with Crippen LogP contribution in [0.5, 0.6) is 0 Å². The number of carbonyl (C=O) groups excluding carboxylic acids is 1. The minimum atomic E-state index is -3.79. The summed E-state index contributed by atoms with van der Waals surface area (Å²) in [5.41, 5.74) is 1.26. The number of rotatable bonds is 5. The van der Waals surface area contributed by atoms with Crippen molar-refractivity contribution in [2.75, 3.05) is 10.0 Å². The predicted octanol–water partition coefficient (Wildman–Crippen LogP) is 6.47. The molecule has 0 saturated heterocycles. The van der Waals surface area contributed by atoms with Crippen LogP contribution in [0.1, 0.15) is 59.3 Å². The van der Waals surface area contributed by atoms with Crippen LogP contribution in [-0.2, 0) is 14.8 Å². The van der Waals surface area contributed by atoms with Gasteiger partial charge >= 0.3 is 0 Å². The lowest BCUT2D eigenvalue weighted by Crippen LogP contribution is -2.62. The standard InChI is InChI=1S/C26H31ClN2O3S/c1-23-12-24(2)14-25(3,13-23)17-26(15-23,16-24)22(30)28-18-8-10-19(11-9-18)33(31,32)29-21-7-5-4-6-20(21)27/h4-11,29H,12-17H2,1-3H3,(H,28,30). The highest BCUT2D eigenvalue weighted by molar-refractivity contribution is 7.92. The average Bonchev–Trinajstić information content (AvgIpc) is 2.66.